The zero-order valence-electron chi connectivity index (χ0n) is 10.7. The lowest BCUT2D eigenvalue weighted by Gasteiger charge is -2.07. The number of hydrogen-bond acceptors (Lipinski definition) is 2. The number of imidazole rings is 1. The lowest BCUT2D eigenvalue weighted by atomic mass is 10.2. The van der Waals surface area contributed by atoms with Crippen LogP contribution in [-0.2, 0) is 6.54 Å². The van der Waals surface area contributed by atoms with Gasteiger partial charge in [0.15, 0.2) is 0 Å². The Morgan fingerprint density at radius 3 is 2.74 bits per heavy atom. The van der Waals surface area contributed by atoms with Gasteiger partial charge in [0.05, 0.1) is 11.1 Å². The van der Waals surface area contributed by atoms with Gasteiger partial charge in [0.1, 0.15) is 11.3 Å². The van der Waals surface area contributed by atoms with E-state index in [1.807, 2.05) is 12.1 Å². The first kappa shape index (κ1) is 11.0. The van der Waals surface area contributed by atoms with Crippen molar-refractivity contribution in [3.63, 3.8) is 0 Å². The molecule has 0 amide bonds. The minimum atomic E-state index is -0.885. The van der Waals surface area contributed by atoms with Gasteiger partial charge in [-0.3, -0.25) is 0 Å². The molecule has 2 saturated carbocycles. The van der Waals surface area contributed by atoms with Crippen molar-refractivity contribution in [1.82, 2.24) is 9.55 Å². The van der Waals surface area contributed by atoms with E-state index < -0.39 is 5.97 Å². The summed E-state index contributed by atoms with van der Waals surface area (Å²) in [5, 5.41) is 9.28. The van der Waals surface area contributed by atoms with Gasteiger partial charge in [-0.1, -0.05) is 6.07 Å². The van der Waals surface area contributed by atoms with Gasteiger partial charge in [-0.15, -0.1) is 0 Å². The van der Waals surface area contributed by atoms with Crippen molar-refractivity contribution in [3.8, 4) is 0 Å². The Morgan fingerprint density at radius 1 is 1.32 bits per heavy atom. The van der Waals surface area contributed by atoms with Gasteiger partial charge in [-0.05, 0) is 43.7 Å². The molecule has 19 heavy (non-hydrogen) atoms. The van der Waals surface area contributed by atoms with Crippen LogP contribution in [0.2, 0.25) is 0 Å². The molecule has 1 aromatic heterocycles. The molecular formula is C15H16N2O2. The number of carboxylic acids is 1. The summed E-state index contributed by atoms with van der Waals surface area (Å²) >= 11 is 0. The highest BCUT2D eigenvalue weighted by Gasteiger charge is 2.32. The van der Waals surface area contributed by atoms with Crippen LogP contribution in [0, 0.1) is 5.92 Å². The summed E-state index contributed by atoms with van der Waals surface area (Å²) in [4.78, 5) is 16.0. The van der Waals surface area contributed by atoms with E-state index in [9.17, 15) is 9.90 Å². The number of hydrogen-bond donors (Lipinski definition) is 1. The fourth-order valence-corrected chi connectivity index (χ4v) is 2.74. The first-order valence-corrected chi connectivity index (χ1v) is 6.96. The largest absolute Gasteiger partial charge is 0.478 e. The summed E-state index contributed by atoms with van der Waals surface area (Å²) in [5.74, 6) is 1.54. The maximum absolute atomic E-state index is 11.3. The molecule has 4 rings (SSSR count). The number of rotatable bonds is 4. The highest BCUT2D eigenvalue weighted by Crippen LogP contribution is 2.42. The molecular weight excluding hydrogens is 240 g/mol. The predicted octanol–water partition coefficient (Wildman–Crippen LogP) is 3.02. The Labute approximate surface area is 111 Å². The van der Waals surface area contributed by atoms with Crippen LogP contribution < -0.4 is 0 Å². The summed E-state index contributed by atoms with van der Waals surface area (Å²) in [6.45, 7) is 1.01. The normalized spacial score (nSPS) is 18.9. The number of carboxylic acid groups (broad SMARTS) is 1. The maximum atomic E-state index is 11.3. The molecule has 1 heterocycles. The van der Waals surface area contributed by atoms with Gasteiger partial charge < -0.3 is 9.67 Å². The summed E-state index contributed by atoms with van der Waals surface area (Å²) in [6.07, 6.45) is 4.97. The maximum Gasteiger partial charge on any atom is 0.337 e. The van der Waals surface area contributed by atoms with E-state index in [0.717, 1.165) is 23.8 Å². The summed E-state index contributed by atoms with van der Waals surface area (Å²) in [5.41, 5.74) is 1.99. The Bertz CT molecular complexity index is 666. The summed E-state index contributed by atoms with van der Waals surface area (Å²) in [7, 11) is 0. The number of carbonyl (C=O) groups is 1. The van der Waals surface area contributed by atoms with Crippen molar-refractivity contribution >= 4 is 17.0 Å². The van der Waals surface area contributed by atoms with Gasteiger partial charge in [0.2, 0.25) is 0 Å². The minimum Gasteiger partial charge on any atom is -0.478 e. The number of fused-ring (bicyclic) bond motifs is 1. The van der Waals surface area contributed by atoms with Crippen LogP contribution >= 0.6 is 0 Å². The van der Waals surface area contributed by atoms with E-state index in [-0.39, 0.29) is 0 Å². The van der Waals surface area contributed by atoms with E-state index in [4.69, 9.17) is 0 Å². The molecule has 2 aromatic rings. The highest BCUT2D eigenvalue weighted by atomic mass is 16.4. The van der Waals surface area contributed by atoms with E-state index in [1.54, 1.807) is 6.07 Å². The molecule has 0 spiro atoms. The molecule has 0 radical (unpaired) electrons. The minimum absolute atomic E-state index is 0.328. The average Bonchev–Trinajstić information content (AvgIpc) is 3.28. The summed E-state index contributed by atoms with van der Waals surface area (Å²) < 4.78 is 2.27. The second-order valence-corrected chi connectivity index (χ2v) is 5.78. The fraction of sp³-hybridized carbons (Fsp3) is 0.467. The zero-order chi connectivity index (χ0) is 13.0. The number of aromatic nitrogens is 2. The van der Waals surface area contributed by atoms with Crippen LogP contribution in [0.3, 0.4) is 0 Å². The Morgan fingerprint density at radius 2 is 2.11 bits per heavy atom. The quantitative estimate of drug-likeness (QED) is 0.914. The van der Waals surface area contributed by atoms with Crippen LogP contribution in [0.25, 0.3) is 11.0 Å². The van der Waals surface area contributed by atoms with Crippen molar-refractivity contribution in [2.24, 2.45) is 5.92 Å². The monoisotopic (exact) mass is 256 g/mol. The molecule has 4 heteroatoms. The third-order valence-electron chi connectivity index (χ3n) is 4.12. The molecule has 0 aliphatic heterocycles. The molecule has 2 fully saturated rings. The molecule has 1 aromatic carbocycles. The van der Waals surface area contributed by atoms with Crippen LogP contribution in [0.1, 0.15) is 47.8 Å². The molecule has 2 aliphatic rings. The van der Waals surface area contributed by atoms with E-state index in [0.29, 0.717) is 17.0 Å². The van der Waals surface area contributed by atoms with Crippen molar-refractivity contribution in [1.29, 1.82) is 0 Å². The molecule has 98 valence electrons. The standard InChI is InChI=1S/C15H16N2O2/c18-15(19)11-2-1-3-12-13(11)16-14(10-6-7-10)17(12)8-9-4-5-9/h1-3,9-10H,4-8H2,(H,18,19). The Balaban J connectivity index is 1.92. The van der Waals surface area contributed by atoms with Crippen molar-refractivity contribution in [2.45, 2.75) is 38.1 Å². The number of aromatic carboxylic acids is 1. The molecule has 1 N–H and O–H groups in total. The lowest BCUT2D eigenvalue weighted by molar-refractivity contribution is 0.0699. The van der Waals surface area contributed by atoms with Gasteiger partial charge in [-0.25, -0.2) is 9.78 Å². The van der Waals surface area contributed by atoms with Crippen LogP contribution in [0.4, 0.5) is 0 Å². The van der Waals surface area contributed by atoms with Crippen LogP contribution in [-0.4, -0.2) is 20.6 Å². The molecule has 0 bridgehead atoms. The van der Waals surface area contributed by atoms with Crippen LogP contribution in [0.5, 0.6) is 0 Å². The van der Waals surface area contributed by atoms with Gasteiger partial charge >= 0.3 is 5.97 Å². The fourth-order valence-electron chi connectivity index (χ4n) is 2.74. The third-order valence-corrected chi connectivity index (χ3v) is 4.12. The first-order valence-electron chi connectivity index (χ1n) is 6.96. The van der Waals surface area contributed by atoms with Crippen LogP contribution in [0.15, 0.2) is 18.2 Å². The molecule has 0 atom stereocenters. The SMILES string of the molecule is O=C(O)c1cccc2c1nc(C1CC1)n2CC1CC1. The Kier molecular flexibility index (Phi) is 2.22. The van der Waals surface area contributed by atoms with E-state index in [1.165, 1.54) is 25.7 Å². The van der Waals surface area contributed by atoms with Gasteiger partial charge in [-0.2, -0.15) is 0 Å². The number of benzene rings is 1. The first-order chi connectivity index (χ1) is 9.24. The second-order valence-electron chi connectivity index (χ2n) is 5.78. The van der Waals surface area contributed by atoms with Crippen molar-refractivity contribution < 1.29 is 9.90 Å². The number of nitrogens with zero attached hydrogens (tertiary/aromatic N) is 2. The second kappa shape index (κ2) is 3.83. The lowest BCUT2D eigenvalue weighted by Crippen LogP contribution is -2.04. The van der Waals surface area contributed by atoms with E-state index in [2.05, 4.69) is 9.55 Å². The van der Waals surface area contributed by atoms with E-state index >= 15 is 0 Å². The number of para-hydroxylation sites is 1. The molecule has 4 nitrogen and oxygen atoms in total. The molecule has 0 saturated heterocycles. The summed E-state index contributed by atoms with van der Waals surface area (Å²) in [6, 6.07) is 5.48. The predicted molar refractivity (Wildman–Crippen MR) is 71.4 cm³/mol. The topological polar surface area (TPSA) is 55.1 Å². The Hall–Kier alpha value is -1.84. The smallest absolute Gasteiger partial charge is 0.337 e. The highest BCUT2D eigenvalue weighted by molar-refractivity contribution is 6.01. The van der Waals surface area contributed by atoms with Crippen molar-refractivity contribution in [3.05, 3.63) is 29.6 Å². The molecule has 0 unspecified atom stereocenters. The van der Waals surface area contributed by atoms with Gasteiger partial charge in [0.25, 0.3) is 0 Å². The third kappa shape index (κ3) is 1.82. The molecule has 2 aliphatic carbocycles. The zero-order valence-corrected chi connectivity index (χ0v) is 10.7. The average molecular weight is 256 g/mol. The van der Waals surface area contributed by atoms with Gasteiger partial charge in [0, 0.05) is 12.5 Å². The van der Waals surface area contributed by atoms with Crippen molar-refractivity contribution in [2.75, 3.05) is 0 Å².